The van der Waals surface area contributed by atoms with Crippen LogP contribution in [0.25, 0.3) is 0 Å². The fourth-order valence-electron chi connectivity index (χ4n) is 0.324. The van der Waals surface area contributed by atoms with E-state index < -0.39 is 11.7 Å². The first-order valence-electron chi connectivity index (χ1n) is 3.76. The van der Waals surface area contributed by atoms with Crippen molar-refractivity contribution in [1.29, 1.82) is 0 Å². The average molecular weight is 177 g/mol. The molecule has 0 rings (SSSR count). The van der Waals surface area contributed by atoms with Gasteiger partial charge >= 0.3 is 6.09 Å². The Labute approximate surface area is 71.8 Å². The standard InChI is InChI=1S/C7H15NO4/c1-5-8-6(9)10-12-11-7(2,3)4/h5H2,1-4H3,(H,8,9). The van der Waals surface area contributed by atoms with Crippen LogP contribution >= 0.6 is 0 Å². The molecular formula is C7H15NO4. The second-order valence-electron chi connectivity index (χ2n) is 3.16. The van der Waals surface area contributed by atoms with Crippen molar-refractivity contribution in [3.8, 4) is 0 Å². The normalized spacial score (nSPS) is 11.0. The molecule has 0 aliphatic carbocycles. The maximum Gasteiger partial charge on any atom is 0.441 e. The molecule has 0 radical (unpaired) electrons. The highest BCUT2D eigenvalue weighted by Crippen LogP contribution is 2.06. The van der Waals surface area contributed by atoms with Crippen LogP contribution in [0.5, 0.6) is 0 Å². The van der Waals surface area contributed by atoms with Crippen molar-refractivity contribution in [1.82, 2.24) is 5.32 Å². The van der Waals surface area contributed by atoms with Gasteiger partial charge in [0.15, 0.2) is 0 Å². The van der Waals surface area contributed by atoms with Crippen molar-refractivity contribution in [3.05, 3.63) is 0 Å². The Morgan fingerprint density at radius 3 is 2.42 bits per heavy atom. The molecule has 0 spiro atoms. The number of carbonyl (C=O) groups is 1. The van der Waals surface area contributed by atoms with Gasteiger partial charge in [0, 0.05) is 6.54 Å². The molecule has 0 aliphatic rings. The largest absolute Gasteiger partial charge is 0.441 e. The third kappa shape index (κ3) is 7.30. The van der Waals surface area contributed by atoms with Gasteiger partial charge < -0.3 is 5.32 Å². The molecular weight excluding hydrogens is 162 g/mol. The number of rotatable bonds is 3. The van der Waals surface area contributed by atoms with Gasteiger partial charge in [0.05, 0.1) is 5.60 Å². The fourth-order valence-corrected chi connectivity index (χ4v) is 0.324. The molecule has 0 bridgehead atoms. The molecule has 0 saturated heterocycles. The summed E-state index contributed by atoms with van der Waals surface area (Å²) >= 11 is 0. The first-order valence-corrected chi connectivity index (χ1v) is 3.76. The van der Waals surface area contributed by atoms with E-state index in [1.807, 2.05) is 0 Å². The van der Waals surface area contributed by atoms with Crippen LogP contribution in [-0.4, -0.2) is 18.2 Å². The molecule has 12 heavy (non-hydrogen) atoms. The van der Waals surface area contributed by atoms with Gasteiger partial charge in [-0.1, -0.05) is 0 Å². The van der Waals surface area contributed by atoms with Gasteiger partial charge in [-0.25, -0.2) is 9.68 Å². The Bertz CT molecular complexity index is 141. The summed E-state index contributed by atoms with van der Waals surface area (Å²) in [5.74, 6) is 0. The molecule has 5 heteroatoms. The van der Waals surface area contributed by atoms with Crippen molar-refractivity contribution >= 4 is 6.09 Å². The third-order valence-electron chi connectivity index (χ3n) is 0.715. The highest BCUT2D eigenvalue weighted by molar-refractivity contribution is 5.66. The zero-order chi connectivity index (χ0) is 9.61. The number of hydrogen-bond donors (Lipinski definition) is 1. The molecule has 0 heterocycles. The van der Waals surface area contributed by atoms with E-state index in [1.165, 1.54) is 0 Å². The molecule has 0 aromatic heterocycles. The molecule has 1 amide bonds. The lowest BCUT2D eigenvalue weighted by atomic mass is 10.2. The molecule has 1 N–H and O–H groups in total. The monoisotopic (exact) mass is 177 g/mol. The topological polar surface area (TPSA) is 56.8 Å². The van der Waals surface area contributed by atoms with Crippen LogP contribution in [-0.2, 0) is 14.8 Å². The zero-order valence-corrected chi connectivity index (χ0v) is 7.84. The number of nitrogens with one attached hydrogen (secondary N) is 1. The molecule has 0 aromatic carbocycles. The van der Waals surface area contributed by atoms with Crippen LogP contribution in [0.1, 0.15) is 27.7 Å². The molecule has 72 valence electrons. The second-order valence-corrected chi connectivity index (χ2v) is 3.16. The highest BCUT2D eigenvalue weighted by atomic mass is 17.5. The van der Waals surface area contributed by atoms with Gasteiger partial charge in [-0.2, -0.15) is 4.89 Å². The molecule has 0 aromatic rings. The summed E-state index contributed by atoms with van der Waals surface area (Å²) in [6.07, 6.45) is -0.665. The number of carbonyl (C=O) groups excluding carboxylic acids is 1. The fraction of sp³-hybridized carbons (Fsp3) is 0.857. The van der Waals surface area contributed by atoms with Crippen LogP contribution in [0, 0.1) is 0 Å². The van der Waals surface area contributed by atoms with E-state index in [4.69, 9.17) is 0 Å². The first-order chi connectivity index (χ1) is 5.45. The smallest absolute Gasteiger partial charge is 0.319 e. The predicted octanol–water partition coefficient (Wildman–Crippen LogP) is 1.39. The summed E-state index contributed by atoms with van der Waals surface area (Å²) in [5.41, 5.74) is -0.494. The van der Waals surface area contributed by atoms with E-state index in [1.54, 1.807) is 27.7 Å². The number of amides is 1. The van der Waals surface area contributed by atoms with Gasteiger partial charge in [0.1, 0.15) is 0 Å². The van der Waals surface area contributed by atoms with E-state index in [-0.39, 0.29) is 0 Å². The summed E-state index contributed by atoms with van der Waals surface area (Å²) in [6, 6.07) is 0. The van der Waals surface area contributed by atoms with Crippen LogP contribution in [0.4, 0.5) is 4.79 Å². The zero-order valence-electron chi connectivity index (χ0n) is 7.84. The Morgan fingerprint density at radius 1 is 1.42 bits per heavy atom. The van der Waals surface area contributed by atoms with Crippen molar-refractivity contribution < 1.29 is 19.6 Å². The van der Waals surface area contributed by atoms with Crippen molar-refractivity contribution in [3.63, 3.8) is 0 Å². The first kappa shape index (κ1) is 11.2. The van der Waals surface area contributed by atoms with Crippen LogP contribution < -0.4 is 5.32 Å². The SMILES string of the molecule is CCNC(=O)OOOC(C)(C)C. The molecule has 0 atom stereocenters. The van der Waals surface area contributed by atoms with E-state index in [0.717, 1.165) is 0 Å². The summed E-state index contributed by atoms with van der Waals surface area (Å²) in [6.45, 7) is 7.57. The van der Waals surface area contributed by atoms with Gasteiger partial charge in [-0.15, -0.1) is 0 Å². The minimum absolute atomic E-state index is 0.484. The average Bonchev–Trinajstić information content (AvgIpc) is 1.84. The molecule has 0 unspecified atom stereocenters. The van der Waals surface area contributed by atoms with Gasteiger partial charge in [-0.05, 0) is 32.7 Å². The third-order valence-corrected chi connectivity index (χ3v) is 0.715. The molecule has 0 fully saturated rings. The Hall–Kier alpha value is -0.810. The maximum absolute atomic E-state index is 10.6. The Kier molecular flexibility index (Phi) is 4.61. The van der Waals surface area contributed by atoms with Crippen LogP contribution in [0.2, 0.25) is 0 Å². The molecule has 0 aliphatic heterocycles. The Morgan fingerprint density at radius 2 is 2.00 bits per heavy atom. The van der Waals surface area contributed by atoms with Gasteiger partial charge in [0.2, 0.25) is 0 Å². The highest BCUT2D eigenvalue weighted by Gasteiger charge is 2.13. The molecule has 5 nitrogen and oxygen atoms in total. The number of hydrogen-bond acceptors (Lipinski definition) is 4. The predicted molar refractivity (Wildman–Crippen MR) is 42.1 cm³/mol. The van der Waals surface area contributed by atoms with Gasteiger partial charge in [-0.3, -0.25) is 0 Å². The second kappa shape index (κ2) is 4.95. The van der Waals surface area contributed by atoms with Crippen LogP contribution in [0.15, 0.2) is 0 Å². The maximum atomic E-state index is 10.6. The minimum atomic E-state index is -0.665. The van der Waals surface area contributed by atoms with Crippen molar-refractivity contribution in [2.24, 2.45) is 0 Å². The van der Waals surface area contributed by atoms with Crippen LogP contribution in [0.3, 0.4) is 0 Å². The summed E-state index contributed by atoms with van der Waals surface area (Å²) < 4.78 is 0. The lowest BCUT2D eigenvalue weighted by Gasteiger charge is -2.15. The summed E-state index contributed by atoms with van der Waals surface area (Å²) in [4.78, 5) is 19.4. The van der Waals surface area contributed by atoms with Crippen molar-refractivity contribution in [2.45, 2.75) is 33.3 Å². The minimum Gasteiger partial charge on any atom is -0.319 e. The van der Waals surface area contributed by atoms with Gasteiger partial charge in [0.25, 0.3) is 0 Å². The van der Waals surface area contributed by atoms with E-state index >= 15 is 0 Å². The summed E-state index contributed by atoms with van der Waals surface area (Å²) in [5, 5.41) is 6.57. The van der Waals surface area contributed by atoms with E-state index in [0.29, 0.717) is 6.54 Å². The van der Waals surface area contributed by atoms with E-state index in [9.17, 15) is 4.79 Å². The van der Waals surface area contributed by atoms with E-state index in [2.05, 4.69) is 20.1 Å². The molecule has 0 saturated carbocycles. The quantitative estimate of drug-likeness (QED) is 0.523. The Balaban J connectivity index is 3.37. The lowest BCUT2D eigenvalue weighted by Crippen LogP contribution is -2.26. The summed E-state index contributed by atoms with van der Waals surface area (Å²) in [7, 11) is 0. The lowest BCUT2D eigenvalue weighted by molar-refractivity contribution is -0.510. The van der Waals surface area contributed by atoms with Crippen molar-refractivity contribution in [2.75, 3.05) is 6.54 Å².